The van der Waals surface area contributed by atoms with Crippen LogP contribution >= 0.6 is 0 Å². The highest BCUT2D eigenvalue weighted by molar-refractivity contribution is 5.76. The number of aliphatic carboxylic acids is 1. The number of carboxylic acids is 1. The Labute approximate surface area is 111 Å². The molecule has 0 bridgehead atoms. The molecular weight excluding hydrogens is 246 g/mol. The zero-order valence-electron chi connectivity index (χ0n) is 10.6. The van der Waals surface area contributed by atoms with Gasteiger partial charge in [0, 0.05) is 32.0 Å². The molecule has 2 rings (SSSR count). The average Bonchev–Trinajstić information content (AvgIpc) is 2.46. The fraction of sp³-hybridized carbons (Fsp3) is 0.462. The van der Waals surface area contributed by atoms with Crippen molar-refractivity contribution in [3.05, 3.63) is 30.1 Å². The van der Waals surface area contributed by atoms with E-state index in [9.17, 15) is 9.59 Å². The SMILES string of the molecule is O=C(O)C1CCCN(C(=O)NCc2ccncc2)C1. The maximum atomic E-state index is 11.9. The Balaban J connectivity index is 1.84. The number of nitrogens with zero attached hydrogens (tertiary/aromatic N) is 2. The number of nitrogens with one attached hydrogen (secondary N) is 1. The Kier molecular flexibility index (Phi) is 4.33. The molecular formula is C13H17N3O3. The first-order chi connectivity index (χ1) is 9.16. The quantitative estimate of drug-likeness (QED) is 0.855. The van der Waals surface area contributed by atoms with Crippen LogP contribution in [0.4, 0.5) is 4.79 Å². The van der Waals surface area contributed by atoms with Gasteiger partial charge in [-0.05, 0) is 30.5 Å². The molecule has 102 valence electrons. The standard InChI is InChI=1S/C13H17N3O3/c17-12(18)11-2-1-7-16(9-11)13(19)15-8-10-3-5-14-6-4-10/h3-6,11H,1-2,7-9H2,(H,15,19)(H,17,18). The fourth-order valence-corrected chi connectivity index (χ4v) is 2.15. The summed E-state index contributed by atoms with van der Waals surface area (Å²) in [6.45, 7) is 1.33. The lowest BCUT2D eigenvalue weighted by molar-refractivity contribution is -0.143. The molecule has 1 aromatic heterocycles. The zero-order chi connectivity index (χ0) is 13.7. The Morgan fingerprint density at radius 2 is 2.16 bits per heavy atom. The Hall–Kier alpha value is -2.11. The van der Waals surface area contributed by atoms with E-state index in [1.165, 1.54) is 0 Å². The minimum atomic E-state index is -0.827. The molecule has 2 N–H and O–H groups in total. The van der Waals surface area contributed by atoms with Crippen LogP contribution in [-0.4, -0.2) is 40.1 Å². The summed E-state index contributed by atoms with van der Waals surface area (Å²) in [5, 5.41) is 11.8. The third-order valence-corrected chi connectivity index (χ3v) is 3.25. The molecule has 0 aromatic carbocycles. The molecule has 1 aliphatic heterocycles. The minimum absolute atomic E-state index is 0.206. The van der Waals surface area contributed by atoms with Gasteiger partial charge in [0.1, 0.15) is 0 Å². The normalized spacial score (nSPS) is 18.9. The molecule has 2 heterocycles. The van der Waals surface area contributed by atoms with Gasteiger partial charge < -0.3 is 15.3 Å². The Bertz CT molecular complexity index is 450. The van der Waals surface area contributed by atoms with Crippen LogP contribution in [0.2, 0.25) is 0 Å². The van der Waals surface area contributed by atoms with Crippen molar-refractivity contribution in [2.75, 3.05) is 13.1 Å². The maximum absolute atomic E-state index is 11.9. The summed E-state index contributed by atoms with van der Waals surface area (Å²) in [5.41, 5.74) is 0.968. The zero-order valence-corrected chi connectivity index (χ0v) is 10.6. The van der Waals surface area contributed by atoms with Gasteiger partial charge in [-0.1, -0.05) is 0 Å². The molecule has 2 amide bonds. The van der Waals surface area contributed by atoms with Crippen LogP contribution in [0.25, 0.3) is 0 Å². The van der Waals surface area contributed by atoms with Gasteiger partial charge in [0.05, 0.1) is 5.92 Å². The number of pyridine rings is 1. The second-order valence-electron chi connectivity index (χ2n) is 4.64. The molecule has 6 heteroatoms. The molecule has 19 heavy (non-hydrogen) atoms. The number of carboxylic acid groups (broad SMARTS) is 1. The molecule has 0 aliphatic carbocycles. The topological polar surface area (TPSA) is 82.5 Å². The second kappa shape index (κ2) is 6.17. The third kappa shape index (κ3) is 3.67. The summed E-state index contributed by atoms with van der Waals surface area (Å²) >= 11 is 0. The number of hydrogen-bond acceptors (Lipinski definition) is 3. The Morgan fingerprint density at radius 3 is 2.84 bits per heavy atom. The molecule has 1 atom stereocenters. The van der Waals surface area contributed by atoms with Gasteiger partial charge in [-0.2, -0.15) is 0 Å². The molecule has 0 spiro atoms. The van der Waals surface area contributed by atoms with Crippen LogP contribution in [-0.2, 0) is 11.3 Å². The number of carbonyl (C=O) groups excluding carboxylic acids is 1. The van der Waals surface area contributed by atoms with Crippen LogP contribution < -0.4 is 5.32 Å². The number of amides is 2. The highest BCUT2D eigenvalue weighted by Crippen LogP contribution is 2.16. The summed E-state index contributed by atoms with van der Waals surface area (Å²) in [6, 6.07) is 3.45. The molecule has 1 aliphatic rings. The van der Waals surface area contributed by atoms with E-state index in [4.69, 9.17) is 5.11 Å². The second-order valence-corrected chi connectivity index (χ2v) is 4.64. The fourth-order valence-electron chi connectivity index (χ4n) is 2.15. The van der Waals surface area contributed by atoms with E-state index in [0.717, 1.165) is 12.0 Å². The first kappa shape index (κ1) is 13.3. The van der Waals surface area contributed by atoms with Crippen LogP contribution in [0.15, 0.2) is 24.5 Å². The van der Waals surface area contributed by atoms with Crippen molar-refractivity contribution in [1.29, 1.82) is 0 Å². The summed E-state index contributed by atoms with van der Waals surface area (Å²) in [7, 11) is 0. The van der Waals surface area contributed by atoms with Gasteiger partial charge in [-0.15, -0.1) is 0 Å². The first-order valence-corrected chi connectivity index (χ1v) is 6.31. The Morgan fingerprint density at radius 1 is 1.42 bits per heavy atom. The van der Waals surface area contributed by atoms with Crippen molar-refractivity contribution in [3.63, 3.8) is 0 Å². The summed E-state index contributed by atoms with van der Waals surface area (Å²) in [4.78, 5) is 28.4. The van der Waals surface area contributed by atoms with E-state index in [0.29, 0.717) is 19.5 Å². The van der Waals surface area contributed by atoms with Crippen molar-refractivity contribution in [3.8, 4) is 0 Å². The highest BCUT2D eigenvalue weighted by atomic mass is 16.4. The highest BCUT2D eigenvalue weighted by Gasteiger charge is 2.27. The van der Waals surface area contributed by atoms with Gasteiger partial charge in [0.25, 0.3) is 0 Å². The molecule has 6 nitrogen and oxygen atoms in total. The van der Waals surface area contributed by atoms with E-state index < -0.39 is 11.9 Å². The molecule has 0 radical (unpaired) electrons. The van der Waals surface area contributed by atoms with Crippen molar-refractivity contribution in [1.82, 2.24) is 15.2 Å². The van der Waals surface area contributed by atoms with Gasteiger partial charge in [0.2, 0.25) is 0 Å². The lowest BCUT2D eigenvalue weighted by Crippen LogP contribution is -2.46. The van der Waals surface area contributed by atoms with Crippen LogP contribution in [0.3, 0.4) is 0 Å². The van der Waals surface area contributed by atoms with E-state index in [1.807, 2.05) is 12.1 Å². The third-order valence-electron chi connectivity index (χ3n) is 3.25. The van der Waals surface area contributed by atoms with Gasteiger partial charge in [0.15, 0.2) is 0 Å². The predicted octanol–water partition coefficient (Wildman–Crippen LogP) is 1.09. The van der Waals surface area contributed by atoms with Gasteiger partial charge in [-0.3, -0.25) is 9.78 Å². The molecule has 1 unspecified atom stereocenters. The van der Waals surface area contributed by atoms with Crippen molar-refractivity contribution in [2.45, 2.75) is 19.4 Å². The van der Waals surface area contributed by atoms with E-state index in [1.54, 1.807) is 17.3 Å². The smallest absolute Gasteiger partial charge is 0.317 e. The van der Waals surface area contributed by atoms with E-state index in [-0.39, 0.29) is 12.6 Å². The number of piperidine rings is 1. The maximum Gasteiger partial charge on any atom is 0.317 e. The van der Waals surface area contributed by atoms with Gasteiger partial charge in [-0.25, -0.2) is 4.79 Å². The van der Waals surface area contributed by atoms with Crippen molar-refractivity contribution >= 4 is 12.0 Å². The van der Waals surface area contributed by atoms with Gasteiger partial charge >= 0.3 is 12.0 Å². The first-order valence-electron chi connectivity index (χ1n) is 6.31. The summed E-state index contributed by atoms with van der Waals surface area (Å²) in [5.74, 6) is -1.27. The number of likely N-dealkylation sites (tertiary alicyclic amines) is 1. The number of carbonyl (C=O) groups is 2. The number of hydrogen-bond donors (Lipinski definition) is 2. The molecule has 1 saturated heterocycles. The molecule has 0 saturated carbocycles. The number of urea groups is 1. The average molecular weight is 263 g/mol. The monoisotopic (exact) mass is 263 g/mol. The number of aromatic nitrogens is 1. The van der Waals surface area contributed by atoms with Crippen LogP contribution in [0.1, 0.15) is 18.4 Å². The van der Waals surface area contributed by atoms with Crippen LogP contribution in [0.5, 0.6) is 0 Å². The van der Waals surface area contributed by atoms with E-state index in [2.05, 4.69) is 10.3 Å². The summed E-state index contributed by atoms with van der Waals surface area (Å²) in [6.07, 6.45) is 4.72. The van der Waals surface area contributed by atoms with Crippen molar-refractivity contribution < 1.29 is 14.7 Å². The lowest BCUT2D eigenvalue weighted by Gasteiger charge is -2.30. The minimum Gasteiger partial charge on any atom is -0.481 e. The summed E-state index contributed by atoms with van der Waals surface area (Å²) < 4.78 is 0. The van der Waals surface area contributed by atoms with Crippen molar-refractivity contribution in [2.24, 2.45) is 5.92 Å². The molecule has 1 fully saturated rings. The predicted molar refractivity (Wildman–Crippen MR) is 68.4 cm³/mol. The number of rotatable bonds is 3. The largest absolute Gasteiger partial charge is 0.481 e. The lowest BCUT2D eigenvalue weighted by atomic mass is 9.99. The molecule has 1 aromatic rings. The van der Waals surface area contributed by atoms with E-state index >= 15 is 0 Å². The van der Waals surface area contributed by atoms with Crippen LogP contribution in [0, 0.1) is 5.92 Å².